The summed E-state index contributed by atoms with van der Waals surface area (Å²) in [6.07, 6.45) is 2.13. The molecule has 0 aromatic heterocycles. The highest BCUT2D eigenvalue weighted by Crippen LogP contribution is 2.60. The van der Waals surface area contributed by atoms with Gasteiger partial charge in [0.2, 0.25) is 23.9 Å². The van der Waals surface area contributed by atoms with Crippen LogP contribution in [0.1, 0.15) is 72.1 Å². The number of carbonyl (C=O) groups is 4. The number of carboxylic acid groups (broad SMARTS) is 1. The molecule has 4 aliphatic heterocycles. The average Bonchev–Trinajstić information content (AvgIpc) is 3.12. The molecule has 0 aromatic rings. The Kier molecular flexibility index (Phi) is 9.47. The van der Waals surface area contributed by atoms with Gasteiger partial charge < -0.3 is 30.0 Å². The highest BCUT2D eigenvalue weighted by molar-refractivity contribution is 7.80. The van der Waals surface area contributed by atoms with Crippen LogP contribution in [0.4, 0.5) is 0 Å². The highest BCUT2D eigenvalue weighted by atomic mass is 32.1. The Balaban J connectivity index is 1.23. The fourth-order valence-electron chi connectivity index (χ4n) is 6.43. The summed E-state index contributed by atoms with van der Waals surface area (Å²) < 4.78 is 18.2. The summed E-state index contributed by atoms with van der Waals surface area (Å²) in [6, 6.07) is -1.06. The van der Waals surface area contributed by atoms with Crippen molar-refractivity contribution in [3.8, 4) is 0 Å². The van der Waals surface area contributed by atoms with Gasteiger partial charge in [0.1, 0.15) is 6.04 Å². The molecule has 0 aromatic carbocycles. The van der Waals surface area contributed by atoms with E-state index in [1.165, 1.54) is 0 Å². The van der Waals surface area contributed by atoms with Crippen LogP contribution in [0.5, 0.6) is 0 Å². The molecule has 0 unspecified atom stereocenters. The lowest BCUT2D eigenvalue weighted by Gasteiger charge is -2.59. The molecule has 220 valence electrons. The number of hydrogen-bond donors (Lipinski definition) is 4. The number of esters is 1. The van der Waals surface area contributed by atoms with Crippen LogP contribution in [0.2, 0.25) is 0 Å². The van der Waals surface area contributed by atoms with Gasteiger partial charge in [0, 0.05) is 43.4 Å². The first-order valence-corrected chi connectivity index (χ1v) is 14.4. The van der Waals surface area contributed by atoms with E-state index in [1.54, 1.807) is 0 Å². The molecular weight excluding hydrogens is 532 g/mol. The molecule has 5 rings (SSSR count). The van der Waals surface area contributed by atoms with E-state index in [0.717, 1.165) is 19.3 Å². The van der Waals surface area contributed by atoms with Crippen molar-refractivity contribution >= 4 is 36.4 Å². The topological polar surface area (TPSA) is 159 Å². The first-order valence-electron chi connectivity index (χ1n) is 13.8. The third kappa shape index (κ3) is 6.37. The van der Waals surface area contributed by atoms with Crippen LogP contribution in [0, 0.1) is 23.7 Å². The molecule has 39 heavy (non-hydrogen) atoms. The van der Waals surface area contributed by atoms with Gasteiger partial charge in [0.05, 0.1) is 6.42 Å². The van der Waals surface area contributed by atoms with Crippen LogP contribution in [0.3, 0.4) is 0 Å². The standard InChI is InChI=1S/C26H40N2O10S/c1-14-6-7-17-15(2)23(35-24-26(17)16(14)10-11-25(3,36-24)37-38-26)34-21(31)9-8-19(29)27-12-4-5-20(30)28-18(13-39)22(32)33/h14-18,23-24,39H,4-13H2,1-3H3,(H,27,29)(H,28,30)(H,32,33)/t14-,15+,16+,17-,18+,23-,24+,25-,26-/m1/s1. The zero-order valence-electron chi connectivity index (χ0n) is 22.7. The number of carboxylic acids is 1. The molecule has 12 nitrogen and oxygen atoms in total. The van der Waals surface area contributed by atoms with Gasteiger partial charge in [0.25, 0.3) is 0 Å². The molecule has 2 amide bonds. The molecule has 1 saturated carbocycles. The maximum atomic E-state index is 12.7. The minimum atomic E-state index is -1.16. The van der Waals surface area contributed by atoms with Crippen molar-refractivity contribution in [2.75, 3.05) is 12.3 Å². The first kappa shape index (κ1) is 30.0. The van der Waals surface area contributed by atoms with Crippen LogP contribution >= 0.6 is 12.6 Å². The van der Waals surface area contributed by atoms with E-state index in [9.17, 15) is 19.2 Å². The summed E-state index contributed by atoms with van der Waals surface area (Å²) in [6.45, 7) is 6.26. The largest absolute Gasteiger partial charge is 0.480 e. The lowest BCUT2D eigenvalue weighted by Crippen LogP contribution is -2.70. The third-order valence-electron chi connectivity index (χ3n) is 8.62. The third-order valence-corrected chi connectivity index (χ3v) is 8.98. The van der Waals surface area contributed by atoms with E-state index >= 15 is 0 Å². The highest BCUT2D eigenvalue weighted by Gasteiger charge is 2.69. The predicted octanol–water partition coefficient (Wildman–Crippen LogP) is 1.91. The minimum Gasteiger partial charge on any atom is -0.480 e. The summed E-state index contributed by atoms with van der Waals surface area (Å²) in [5.74, 6) is -2.93. The van der Waals surface area contributed by atoms with E-state index in [4.69, 9.17) is 29.1 Å². The number of nitrogens with one attached hydrogen (secondary N) is 2. The number of carbonyl (C=O) groups excluding carboxylic acids is 3. The number of rotatable bonds is 11. The fraction of sp³-hybridized carbons (Fsp3) is 0.846. The van der Waals surface area contributed by atoms with Crippen molar-refractivity contribution in [2.45, 2.75) is 102 Å². The summed E-state index contributed by atoms with van der Waals surface area (Å²) in [4.78, 5) is 59.5. The number of thiol groups is 1. The summed E-state index contributed by atoms with van der Waals surface area (Å²) in [5, 5.41) is 14.0. The number of aliphatic carboxylic acids is 1. The number of amides is 2. The quantitative estimate of drug-likeness (QED) is 0.125. The van der Waals surface area contributed by atoms with Crippen molar-refractivity contribution in [1.82, 2.24) is 10.6 Å². The minimum absolute atomic E-state index is 0.0188. The molecule has 3 N–H and O–H groups in total. The molecule has 4 heterocycles. The van der Waals surface area contributed by atoms with Gasteiger partial charge in [0.15, 0.2) is 11.9 Å². The molecular formula is C26H40N2O10S. The molecule has 4 saturated heterocycles. The second-order valence-electron chi connectivity index (χ2n) is 11.4. The van der Waals surface area contributed by atoms with Gasteiger partial charge >= 0.3 is 11.9 Å². The Morgan fingerprint density at radius 3 is 2.54 bits per heavy atom. The van der Waals surface area contributed by atoms with E-state index in [1.807, 2.05) is 13.8 Å². The fourth-order valence-corrected chi connectivity index (χ4v) is 6.68. The second kappa shape index (κ2) is 12.3. The molecule has 9 atom stereocenters. The summed E-state index contributed by atoms with van der Waals surface area (Å²) in [7, 11) is 0. The van der Waals surface area contributed by atoms with Gasteiger partial charge in [-0.05, 0) is 44.4 Å². The summed E-state index contributed by atoms with van der Waals surface area (Å²) >= 11 is 3.89. The lowest BCUT2D eigenvalue weighted by atomic mass is 9.58. The van der Waals surface area contributed by atoms with E-state index in [0.29, 0.717) is 18.8 Å². The molecule has 13 heteroatoms. The van der Waals surface area contributed by atoms with Gasteiger partial charge in [-0.15, -0.1) is 0 Å². The number of fused-ring (bicyclic) bond motifs is 2. The molecule has 1 spiro atoms. The molecule has 5 fully saturated rings. The zero-order chi connectivity index (χ0) is 28.4. The Bertz CT molecular complexity index is 952. The number of hydrogen-bond acceptors (Lipinski definition) is 10. The Labute approximate surface area is 233 Å². The van der Waals surface area contributed by atoms with Crippen molar-refractivity contribution in [3.05, 3.63) is 0 Å². The van der Waals surface area contributed by atoms with Crippen molar-refractivity contribution < 1.29 is 48.3 Å². The SMILES string of the molecule is C[C@@H]1[C@H](OC(=O)CCC(=O)NCCCC(=O)N[C@@H](CS)C(=O)O)O[C@H]2O[C@@]3(C)CC[C@H]4[C@H](C)CC[C@H]1[C@@]24OO3. The van der Waals surface area contributed by atoms with Gasteiger partial charge in [-0.25, -0.2) is 14.6 Å². The Morgan fingerprint density at radius 1 is 1.05 bits per heavy atom. The molecule has 2 bridgehead atoms. The maximum Gasteiger partial charge on any atom is 0.327 e. The van der Waals surface area contributed by atoms with Crippen LogP contribution in [-0.2, 0) is 43.2 Å². The van der Waals surface area contributed by atoms with E-state index in [-0.39, 0.29) is 55.2 Å². The van der Waals surface area contributed by atoms with E-state index in [2.05, 4.69) is 30.2 Å². The second-order valence-corrected chi connectivity index (χ2v) is 11.7. The lowest BCUT2D eigenvalue weighted by molar-refractivity contribution is -0.576. The monoisotopic (exact) mass is 572 g/mol. The molecule has 0 radical (unpaired) electrons. The maximum absolute atomic E-state index is 12.7. The summed E-state index contributed by atoms with van der Waals surface area (Å²) in [5.41, 5.74) is -0.742. The van der Waals surface area contributed by atoms with Crippen LogP contribution < -0.4 is 10.6 Å². The van der Waals surface area contributed by atoms with Gasteiger partial charge in [-0.2, -0.15) is 12.6 Å². The van der Waals surface area contributed by atoms with Crippen molar-refractivity contribution in [2.24, 2.45) is 23.7 Å². The van der Waals surface area contributed by atoms with Crippen LogP contribution in [0.15, 0.2) is 0 Å². The molecule has 1 aliphatic carbocycles. The Morgan fingerprint density at radius 2 is 1.82 bits per heavy atom. The van der Waals surface area contributed by atoms with Gasteiger partial charge in [-0.1, -0.05) is 13.8 Å². The van der Waals surface area contributed by atoms with Crippen LogP contribution in [0.25, 0.3) is 0 Å². The normalized spacial score (nSPS) is 37.6. The average molecular weight is 573 g/mol. The van der Waals surface area contributed by atoms with E-state index < -0.39 is 47.9 Å². The predicted molar refractivity (Wildman–Crippen MR) is 138 cm³/mol. The first-order chi connectivity index (χ1) is 18.5. The van der Waals surface area contributed by atoms with Crippen LogP contribution in [-0.4, -0.2) is 71.2 Å². The van der Waals surface area contributed by atoms with Gasteiger partial charge in [-0.3, -0.25) is 14.4 Å². The van der Waals surface area contributed by atoms with Crippen molar-refractivity contribution in [1.29, 1.82) is 0 Å². The smallest absolute Gasteiger partial charge is 0.327 e. The van der Waals surface area contributed by atoms with Crippen molar-refractivity contribution in [3.63, 3.8) is 0 Å². The number of ether oxygens (including phenoxy) is 3. The molecule has 5 aliphatic rings. The Hall–Kier alpha value is -1.93. The zero-order valence-corrected chi connectivity index (χ0v) is 23.6.